The number of halogens is 1. The van der Waals surface area contributed by atoms with E-state index in [1.54, 1.807) is 4.90 Å². The highest BCUT2D eigenvalue weighted by Crippen LogP contribution is 2.31. The molecule has 0 atom stereocenters. The summed E-state index contributed by atoms with van der Waals surface area (Å²) in [7, 11) is 4.01. The van der Waals surface area contributed by atoms with E-state index in [0.29, 0.717) is 18.0 Å². The molecule has 0 unspecified atom stereocenters. The van der Waals surface area contributed by atoms with Gasteiger partial charge in [-0.1, -0.05) is 46.7 Å². The van der Waals surface area contributed by atoms with Crippen LogP contribution in [0, 0.1) is 13.8 Å². The molecule has 1 amide bonds. The fraction of sp³-hybridized carbons (Fsp3) is 0.333. The number of anilines is 1. The topological polar surface area (TPSA) is 36.4 Å². The fourth-order valence-electron chi connectivity index (χ4n) is 2.88. The van der Waals surface area contributed by atoms with Crippen LogP contribution in [0.3, 0.4) is 0 Å². The number of fused-ring (bicyclic) bond motifs is 1. The van der Waals surface area contributed by atoms with Crippen molar-refractivity contribution in [2.45, 2.75) is 20.3 Å². The number of amides is 1. The lowest BCUT2D eigenvalue weighted by Gasteiger charge is -2.22. The zero-order chi connectivity index (χ0) is 19.6. The summed E-state index contributed by atoms with van der Waals surface area (Å²) in [5, 5.41) is 1.41. The third-order valence-corrected chi connectivity index (χ3v) is 5.76. The van der Waals surface area contributed by atoms with Crippen molar-refractivity contribution in [1.29, 1.82) is 0 Å². The number of aromatic nitrogens is 1. The molecule has 0 saturated heterocycles. The van der Waals surface area contributed by atoms with Gasteiger partial charge >= 0.3 is 0 Å². The number of hydrogen-bond donors (Lipinski definition) is 0. The highest BCUT2D eigenvalue weighted by atomic mass is 35.5. The highest BCUT2D eigenvalue weighted by molar-refractivity contribution is 7.22. The van der Waals surface area contributed by atoms with E-state index in [1.807, 2.05) is 39.2 Å². The second kappa shape index (κ2) is 8.38. The smallest absolute Gasteiger partial charge is 0.233 e. The Balaban J connectivity index is 1.91. The molecule has 142 valence electrons. The summed E-state index contributed by atoms with van der Waals surface area (Å²) in [4.78, 5) is 21.7. The maximum Gasteiger partial charge on any atom is 0.233 e. The number of carbonyl (C=O) groups excluding carboxylic acids is 1. The van der Waals surface area contributed by atoms with Gasteiger partial charge in [0.2, 0.25) is 5.91 Å². The van der Waals surface area contributed by atoms with Crippen molar-refractivity contribution in [3.05, 3.63) is 58.1 Å². The second-order valence-electron chi connectivity index (χ2n) is 7.06. The zero-order valence-electron chi connectivity index (χ0n) is 16.1. The number of nitrogens with zero attached hydrogens (tertiary/aromatic N) is 3. The zero-order valence-corrected chi connectivity index (χ0v) is 17.7. The van der Waals surface area contributed by atoms with E-state index >= 15 is 0 Å². The second-order valence-corrected chi connectivity index (χ2v) is 8.51. The fourth-order valence-corrected chi connectivity index (χ4v) is 4.16. The molecule has 0 spiro atoms. The van der Waals surface area contributed by atoms with Crippen molar-refractivity contribution in [2.75, 3.05) is 32.1 Å². The van der Waals surface area contributed by atoms with Gasteiger partial charge in [-0.15, -0.1) is 0 Å². The van der Waals surface area contributed by atoms with Crippen molar-refractivity contribution >= 4 is 44.2 Å². The van der Waals surface area contributed by atoms with Crippen LogP contribution >= 0.6 is 22.9 Å². The molecule has 2 aromatic carbocycles. The van der Waals surface area contributed by atoms with Gasteiger partial charge in [0.05, 0.1) is 16.6 Å². The maximum absolute atomic E-state index is 13.2. The largest absolute Gasteiger partial charge is 0.308 e. The summed E-state index contributed by atoms with van der Waals surface area (Å²) in [6, 6.07) is 11.9. The van der Waals surface area contributed by atoms with E-state index in [-0.39, 0.29) is 5.91 Å². The van der Waals surface area contributed by atoms with Crippen LogP contribution in [0.15, 0.2) is 36.4 Å². The van der Waals surface area contributed by atoms with Crippen molar-refractivity contribution in [1.82, 2.24) is 9.88 Å². The van der Waals surface area contributed by atoms with Crippen LogP contribution in [0.25, 0.3) is 10.2 Å². The molecule has 0 saturated carbocycles. The Morgan fingerprint density at radius 3 is 2.63 bits per heavy atom. The van der Waals surface area contributed by atoms with Crippen LogP contribution in [0.4, 0.5) is 5.13 Å². The molecule has 0 N–H and O–H groups in total. The van der Waals surface area contributed by atoms with Gasteiger partial charge in [0.15, 0.2) is 5.13 Å². The molecule has 0 bridgehead atoms. The lowest BCUT2D eigenvalue weighted by molar-refractivity contribution is -0.118. The number of hydrogen-bond acceptors (Lipinski definition) is 4. The normalized spacial score (nSPS) is 11.3. The van der Waals surface area contributed by atoms with Crippen LogP contribution in [-0.2, 0) is 11.2 Å². The first kappa shape index (κ1) is 19.8. The monoisotopic (exact) mass is 401 g/mol. The summed E-state index contributed by atoms with van der Waals surface area (Å²) in [5.74, 6) is 0.0655. The molecule has 0 aliphatic rings. The average Bonchev–Trinajstić information content (AvgIpc) is 3.00. The van der Waals surface area contributed by atoms with Gasteiger partial charge in [-0.2, -0.15) is 0 Å². The number of rotatable bonds is 6. The van der Waals surface area contributed by atoms with Gasteiger partial charge in [0.1, 0.15) is 0 Å². The van der Waals surface area contributed by atoms with E-state index in [1.165, 1.54) is 11.3 Å². The van der Waals surface area contributed by atoms with Crippen molar-refractivity contribution in [3.63, 3.8) is 0 Å². The third kappa shape index (κ3) is 4.86. The summed E-state index contributed by atoms with van der Waals surface area (Å²) >= 11 is 7.61. The predicted octanol–water partition coefficient (Wildman–Crippen LogP) is 4.70. The summed E-state index contributed by atoms with van der Waals surface area (Å²) in [5.41, 5.74) is 4.24. The Kier molecular flexibility index (Phi) is 6.15. The minimum atomic E-state index is 0.0655. The molecule has 3 rings (SSSR count). The summed E-state index contributed by atoms with van der Waals surface area (Å²) in [6.07, 6.45) is 0.373. The van der Waals surface area contributed by atoms with Crippen molar-refractivity contribution in [3.8, 4) is 0 Å². The van der Waals surface area contributed by atoms with Crippen LogP contribution in [-0.4, -0.2) is 43.0 Å². The Hall–Kier alpha value is -1.95. The van der Waals surface area contributed by atoms with Crippen molar-refractivity contribution in [2.24, 2.45) is 0 Å². The van der Waals surface area contributed by atoms with E-state index in [0.717, 1.165) is 38.6 Å². The van der Waals surface area contributed by atoms with Gasteiger partial charge in [-0.3, -0.25) is 9.69 Å². The Morgan fingerprint density at radius 1 is 1.11 bits per heavy atom. The molecule has 0 aliphatic carbocycles. The molecule has 27 heavy (non-hydrogen) atoms. The van der Waals surface area contributed by atoms with Gasteiger partial charge in [0.25, 0.3) is 0 Å². The first-order valence-corrected chi connectivity index (χ1v) is 10.1. The SMILES string of the molecule is Cc1ccc(C)c(CC(=O)N(CCN(C)C)c2nc3ccc(Cl)cc3s2)c1. The quantitative estimate of drug-likeness (QED) is 0.600. The molecular formula is C21H24ClN3OS. The predicted molar refractivity (Wildman–Crippen MR) is 115 cm³/mol. The standard InChI is InChI=1S/C21H24ClN3OS/c1-14-5-6-15(2)16(11-14)12-20(26)25(10-9-24(3)4)21-23-18-8-7-17(22)13-19(18)27-21/h5-8,11,13H,9-10,12H2,1-4H3. The minimum absolute atomic E-state index is 0.0655. The molecule has 3 aromatic rings. The summed E-state index contributed by atoms with van der Waals surface area (Å²) < 4.78 is 0.992. The van der Waals surface area contributed by atoms with Gasteiger partial charge in [-0.05, 0) is 57.3 Å². The Morgan fingerprint density at radius 2 is 1.89 bits per heavy atom. The van der Waals surface area contributed by atoms with Crippen LogP contribution in [0.1, 0.15) is 16.7 Å². The number of likely N-dealkylation sites (N-methyl/N-ethyl adjacent to an activating group) is 1. The van der Waals surface area contributed by atoms with Gasteiger partial charge in [-0.25, -0.2) is 4.98 Å². The van der Waals surface area contributed by atoms with Crippen LogP contribution < -0.4 is 4.90 Å². The highest BCUT2D eigenvalue weighted by Gasteiger charge is 2.21. The minimum Gasteiger partial charge on any atom is -0.308 e. The van der Waals surface area contributed by atoms with E-state index < -0.39 is 0 Å². The molecule has 0 fully saturated rings. The number of aryl methyl sites for hydroxylation is 2. The first-order valence-electron chi connectivity index (χ1n) is 8.91. The molecule has 4 nitrogen and oxygen atoms in total. The molecular weight excluding hydrogens is 378 g/mol. The number of thiazole rings is 1. The summed E-state index contributed by atoms with van der Waals surface area (Å²) in [6.45, 7) is 5.47. The number of carbonyl (C=O) groups is 1. The molecule has 0 aliphatic heterocycles. The molecule has 1 heterocycles. The van der Waals surface area contributed by atoms with Gasteiger partial charge in [0, 0.05) is 18.1 Å². The van der Waals surface area contributed by atoms with Gasteiger partial charge < -0.3 is 4.90 Å². The maximum atomic E-state index is 13.2. The van der Waals surface area contributed by atoms with E-state index in [9.17, 15) is 4.79 Å². The van der Waals surface area contributed by atoms with Crippen LogP contribution in [0.2, 0.25) is 5.02 Å². The molecule has 0 radical (unpaired) electrons. The average molecular weight is 402 g/mol. The number of benzene rings is 2. The van der Waals surface area contributed by atoms with E-state index in [4.69, 9.17) is 11.6 Å². The first-order chi connectivity index (χ1) is 12.8. The molecule has 6 heteroatoms. The lowest BCUT2D eigenvalue weighted by atomic mass is 10.0. The Labute approximate surface area is 169 Å². The Bertz CT molecular complexity index is 967. The van der Waals surface area contributed by atoms with E-state index in [2.05, 4.69) is 35.0 Å². The lowest BCUT2D eigenvalue weighted by Crippen LogP contribution is -2.37. The van der Waals surface area contributed by atoms with Crippen LogP contribution in [0.5, 0.6) is 0 Å². The third-order valence-electron chi connectivity index (χ3n) is 4.49. The van der Waals surface area contributed by atoms with Crippen molar-refractivity contribution < 1.29 is 4.79 Å². The molecule has 1 aromatic heterocycles.